The highest BCUT2D eigenvalue weighted by atomic mass is 16.5. The third-order valence-electron chi connectivity index (χ3n) is 2.74. The molecule has 21 heavy (non-hydrogen) atoms. The first kappa shape index (κ1) is 14.3. The molecule has 1 aromatic heterocycles. The molecule has 0 radical (unpaired) electrons. The van der Waals surface area contributed by atoms with E-state index in [-0.39, 0.29) is 16.8 Å². The number of aromatic hydroxyl groups is 1. The highest BCUT2D eigenvalue weighted by molar-refractivity contribution is 6.06. The van der Waals surface area contributed by atoms with Gasteiger partial charge >= 0.3 is 5.97 Å². The molecule has 0 aliphatic heterocycles. The lowest BCUT2D eigenvalue weighted by atomic mass is 10.1. The van der Waals surface area contributed by atoms with Crippen LogP contribution in [0.25, 0.3) is 0 Å². The van der Waals surface area contributed by atoms with Gasteiger partial charge in [-0.1, -0.05) is 0 Å². The van der Waals surface area contributed by atoms with Crippen LogP contribution in [0.5, 0.6) is 11.5 Å². The summed E-state index contributed by atoms with van der Waals surface area (Å²) in [5.41, 5.74) is 0.296. The first-order valence-electron chi connectivity index (χ1n) is 5.88. The number of rotatable bonds is 4. The Morgan fingerprint density at radius 3 is 2.62 bits per heavy atom. The van der Waals surface area contributed by atoms with E-state index < -0.39 is 17.6 Å². The van der Waals surface area contributed by atoms with Crippen molar-refractivity contribution in [2.75, 3.05) is 12.4 Å². The van der Waals surface area contributed by atoms with Crippen LogP contribution in [0.4, 0.5) is 5.69 Å². The number of pyridine rings is 1. The van der Waals surface area contributed by atoms with Gasteiger partial charge in [-0.2, -0.15) is 0 Å². The Kier molecular flexibility index (Phi) is 4.03. The van der Waals surface area contributed by atoms with Gasteiger partial charge in [-0.05, 0) is 18.2 Å². The lowest BCUT2D eigenvalue weighted by Gasteiger charge is -2.09. The second-order valence-corrected chi connectivity index (χ2v) is 4.07. The molecule has 1 aromatic carbocycles. The number of carbonyl (C=O) groups is 2. The van der Waals surface area contributed by atoms with E-state index in [9.17, 15) is 14.7 Å². The number of carboxylic acid groups (broad SMARTS) is 1. The van der Waals surface area contributed by atoms with Crippen molar-refractivity contribution in [3.05, 3.63) is 47.8 Å². The van der Waals surface area contributed by atoms with Crippen molar-refractivity contribution < 1.29 is 24.5 Å². The Labute approximate surface area is 119 Å². The number of nitrogens with one attached hydrogen (secondary N) is 1. The minimum absolute atomic E-state index is 0.241. The number of aromatic nitrogens is 1. The fraction of sp³-hybridized carbons (Fsp3) is 0.0714. The predicted molar refractivity (Wildman–Crippen MR) is 73.8 cm³/mol. The number of amides is 1. The zero-order valence-electron chi connectivity index (χ0n) is 11.0. The zero-order valence-corrected chi connectivity index (χ0v) is 11.0. The van der Waals surface area contributed by atoms with E-state index in [4.69, 9.17) is 9.84 Å². The van der Waals surface area contributed by atoms with Gasteiger partial charge in [0.05, 0.1) is 18.9 Å². The van der Waals surface area contributed by atoms with Gasteiger partial charge in [0.15, 0.2) is 0 Å². The number of benzene rings is 1. The van der Waals surface area contributed by atoms with Crippen LogP contribution in [0.2, 0.25) is 0 Å². The van der Waals surface area contributed by atoms with Crippen molar-refractivity contribution in [2.45, 2.75) is 0 Å². The van der Waals surface area contributed by atoms with Gasteiger partial charge in [-0.25, -0.2) is 4.79 Å². The second-order valence-electron chi connectivity index (χ2n) is 4.07. The summed E-state index contributed by atoms with van der Waals surface area (Å²) >= 11 is 0. The number of carboxylic acids is 1. The summed E-state index contributed by atoms with van der Waals surface area (Å²) < 4.78 is 5.03. The Hall–Kier alpha value is -3.09. The molecule has 2 rings (SSSR count). The quantitative estimate of drug-likeness (QED) is 0.790. The zero-order chi connectivity index (χ0) is 15.4. The van der Waals surface area contributed by atoms with E-state index >= 15 is 0 Å². The minimum atomic E-state index is -1.25. The molecule has 108 valence electrons. The Bertz CT molecular complexity index is 700. The number of methoxy groups -OCH3 is 1. The van der Waals surface area contributed by atoms with Crippen molar-refractivity contribution in [1.29, 1.82) is 0 Å². The standard InChI is InChI=1S/C14H12N2O5/c1-21-12-7-15-5-4-10(12)13(18)16-8-2-3-9(14(19)20)11(17)6-8/h2-7,17H,1H3,(H,16,18)(H,19,20). The number of carbonyl (C=O) groups excluding carboxylic acids is 1. The monoisotopic (exact) mass is 288 g/mol. The van der Waals surface area contributed by atoms with Crippen LogP contribution in [0, 0.1) is 0 Å². The number of hydrogen-bond acceptors (Lipinski definition) is 5. The molecule has 0 atom stereocenters. The maximum absolute atomic E-state index is 12.1. The maximum atomic E-state index is 12.1. The summed E-state index contributed by atoms with van der Waals surface area (Å²) in [5.74, 6) is -1.83. The van der Waals surface area contributed by atoms with Crippen molar-refractivity contribution in [3.8, 4) is 11.5 Å². The molecule has 7 heteroatoms. The SMILES string of the molecule is COc1cnccc1C(=O)Nc1ccc(C(=O)O)c(O)c1. The van der Waals surface area contributed by atoms with Crippen molar-refractivity contribution in [2.24, 2.45) is 0 Å². The molecule has 0 aliphatic rings. The number of aromatic carboxylic acids is 1. The van der Waals surface area contributed by atoms with Crippen LogP contribution in [0.15, 0.2) is 36.7 Å². The molecule has 1 heterocycles. The number of ether oxygens (including phenoxy) is 1. The summed E-state index contributed by atoms with van der Waals surface area (Å²) in [6.45, 7) is 0. The highest BCUT2D eigenvalue weighted by Crippen LogP contribution is 2.23. The van der Waals surface area contributed by atoms with Crippen molar-refractivity contribution in [3.63, 3.8) is 0 Å². The molecule has 0 saturated heterocycles. The van der Waals surface area contributed by atoms with E-state index in [2.05, 4.69) is 10.3 Å². The lowest BCUT2D eigenvalue weighted by Crippen LogP contribution is -2.13. The number of phenols is 1. The summed E-state index contributed by atoms with van der Waals surface area (Å²) in [6.07, 6.45) is 2.85. The molecule has 7 nitrogen and oxygen atoms in total. The van der Waals surface area contributed by atoms with E-state index in [1.807, 2.05) is 0 Å². The normalized spacial score (nSPS) is 9.95. The fourth-order valence-corrected chi connectivity index (χ4v) is 1.72. The predicted octanol–water partition coefficient (Wildman–Crippen LogP) is 1.75. The number of nitrogens with zero attached hydrogens (tertiary/aromatic N) is 1. The van der Waals surface area contributed by atoms with Crippen LogP contribution in [0.3, 0.4) is 0 Å². The molecular weight excluding hydrogens is 276 g/mol. The van der Waals surface area contributed by atoms with E-state index in [0.29, 0.717) is 5.75 Å². The van der Waals surface area contributed by atoms with Gasteiger partial charge in [0, 0.05) is 18.0 Å². The first-order chi connectivity index (χ1) is 10.0. The average Bonchev–Trinajstić information content (AvgIpc) is 2.46. The first-order valence-corrected chi connectivity index (χ1v) is 5.88. The van der Waals surface area contributed by atoms with E-state index in [1.54, 1.807) is 0 Å². The topological polar surface area (TPSA) is 109 Å². The number of anilines is 1. The highest BCUT2D eigenvalue weighted by Gasteiger charge is 2.14. The summed E-state index contributed by atoms with van der Waals surface area (Å²) in [4.78, 5) is 26.7. The molecular formula is C14H12N2O5. The molecule has 0 fully saturated rings. The lowest BCUT2D eigenvalue weighted by molar-refractivity contribution is 0.0693. The third kappa shape index (κ3) is 3.08. The van der Waals surface area contributed by atoms with Gasteiger partial charge in [0.1, 0.15) is 17.1 Å². The van der Waals surface area contributed by atoms with Crippen LogP contribution < -0.4 is 10.1 Å². The molecule has 0 bridgehead atoms. The van der Waals surface area contributed by atoms with Crippen LogP contribution in [-0.4, -0.2) is 34.2 Å². The molecule has 2 aromatic rings. The van der Waals surface area contributed by atoms with Crippen LogP contribution in [-0.2, 0) is 0 Å². The molecule has 3 N–H and O–H groups in total. The van der Waals surface area contributed by atoms with Crippen molar-refractivity contribution in [1.82, 2.24) is 4.98 Å². The average molecular weight is 288 g/mol. The third-order valence-corrected chi connectivity index (χ3v) is 2.74. The van der Waals surface area contributed by atoms with Crippen molar-refractivity contribution >= 4 is 17.6 Å². The molecule has 1 amide bonds. The Balaban J connectivity index is 2.24. The number of hydrogen-bond donors (Lipinski definition) is 3. The van der Waals surface area contributed by atoms with Gasteiger partial charge in [0.2, 0.25) is 0 Å². The van der Waals surface area contributed by atoms with Crippen LogP contribution >= 0.6 is 0 Å². The minimum Gasteiger partial charge on any atom is -0.507 e. The summed E-state index contributed by atoms with van der Waals surface area (Å²) in [7, 11) is 1.42. The summed E-state index contributed by atoms with van der Waals surface area (Å²) in [5, 5.41) is 20.9. The van der Waals surface area contributed by atoms with Gasteiger partial charge in [-0.15, -0.1) is 0 Å². The largest absolute Gasteiger partial charge is 0.507 e. The van der Waals surface area contributed by atoms with E-state index in [1.165, 1.54) is 37.7 Å². The molecule has 0 aliphatic carbocycles. The summed E-state index contributed by atoms with van der Waals surface area (Å²) in [6, 6.07) is 5.24. The Morgan fingerprint density at radius 1 is 1.24 bits per heavy atom. The molecule has 0 spiro atoms. The molecule has 0 unspecified atom stereocenters. The van der Waals surface area contributed by atoms with Gasteiger partial charge in [0.25, 0.3) is 5.91 Å². The van der Waals surface area contributed by atoms with Gasteiger partial charge < -0.3 is 20.3 Å². The second kappa shape index (κ2) is 5.91. The fourth-order valence-electron chi connectivity index (χ4n) is 1.72. The Morgan fingerprint density at radius 2 is 2.00 bits per heavy atom. The van der Waals surface area contributed by atoms with E-state index in [0.717, 1.165) is 6.07 Å². The smallest absolute Gasteiger partial charge is 0.339 e. The maximum Gasteiger partial charge on any atom is 0.339 e. The van der Waals surface area contributed by atoms with Crippen LogP contribution in [0.1, 0.15) is 20.7 Å². The molecule has 0 saturated carbocycles. The van der Waals surface area contributed by atoms with Gasteiger partial charge in [-0.3, -0.25) is 9.78 Å².